The maximum Gasteiger partial charge on any atom is 0.273 e. The van der Waals surface area contributed by atoms with E-state index in [1.165, 1.54) is 18.2 Å². The van der Waals surface area contributed by atoms with Crippen LogP contribution in [0.25, 0.3) is 10.4 Å². The highest BCUT2D eigenvalue weighted by Gasteiger charge is 2.05. The lowest BCUT2D eigenvalue weighted by Crippen LogP contribution is -2.00. The van der Waals surface area contributed by atoms with E-state index >= 15 is 0 Å². The predicted octanol–water partition coefficient (Wildman–Crippen LogP) is 2.28. The van der Waals surface area contributed by atoms with Crippen molar-refractivity contribution in [2.24, 2.45) is 5.11 Å². The zero-order valence-corrected chi connectivity index (χ0v) is 7.74. The van der Waals surface area contributed by atoms with Gasteiger partial charge in [0.15, 0.2) is 0 Å². The number of non-ortho nitro benzene ring substituents is 1. The SMILES string of the molecule is [N-]=[N+]=NCCOc1cccc([N+](=O)[O-])c1. The van der Waals surface area contributed by atoms with Crippen LogP contribution < -0.4 is 4.74 Å². The van der Waals surface area contributed by atoms with Crippen molar-refractivity contribution >= 4 is 5.69 Å². The van der Waals surface area contributed by atoms with E-state index in [1.807, 2.05) is 0 Å². The van der Waals surface area contributed by atoms with Gasteiger partial charge in [-0.05, 0) is 11.6 Å². The van der Waals surface area contributed by atoms with E-state index in [0.717, 1.165) is 0 Å². The average molecular weight is 208 g/mol. The summed E-state index contributed by atoms with van der Waals surface area (Å²) in [6.07, 6.45) is 0. The predicted molar refractivity (Wildman–Crippen MR) is 52.6 cm³/mol. The molecule has 0 heterocycles. The van der Waals surface area contributed by atoms with Gasteiger partial charge in [-0.2, -0.15) is 0 Å². The molecule has 0 saturated carbocycles. The zero-order chi connectivity index (χ0) is 11.1. The Balaban J connectivity index is 2.57. The van der Waals surface area contributed by atoms with Crippen LogP contribution in [0.5, 0.6) is 5.75 Å². The third-order valence-electron chi connectivity index (χ3n) is 1.55. The van der Waals surface area contributed by atoms with Crippen LogP contribution in [0.1, 0.15) is 0 Å². The molecule has 0 bridgehead atoms. The summed E-state index contributed by atoms with van der Waals surface area (Å²) < 4.78 is 5.13. The van der Waals surface area contributed by atoms with Crippen molar-refractivity contribution in [1.29, 1.82) is 0 Å². The molecule has 7 heteroatoms. The topological polar surface area (TPSA) is 101 Å². The number of ether oxygens (including phenoxy) is 1. The third-order valence-corrected chi connectivity index (χ3v) is 1.55. The van der Waals surface area contributed by atoms with E-state index in [2.05, 4.69) is 10.0 Å². The minimum absolute atomic E-state index is 0.0312. The van der Waals surface area contributed by atoms with Gasteiger partial charge in [-0.1, -0.05) is 11.2 Å². The number of nitro benzene ring substituents is 1. The van der Waals surface area contributed by atoms with Gasteiger partial charge in [-0.3, -0.25) is 10.1 Å². The van der Waals surface area contributed by atoms with Crippen molar-refractivity contribution in [3.05, 3.63) is 44.8 Å². The van der Waals surface area contributed by atoms with E-state index in [9.17, 15) is 10.1 Å². The maximum atomic E-state index is 10.4. The summed E-state index contributed by atoms with van der Waals surface area (Å²) in [5, 5.41) is 13.7. The second kappa shape index (κ2) is 5.46. The summed E-state index contributed by atoms with van der Waals surface area (Å²) in [5.41, 5.74) is 7.96. The molecule has 1 aromatic carbocycles. The molecule has 0 fully saturated rings. The van der Waals surface area contributed by atoms with E-state index in [-0.39, 0.29) is 18.8 Å². The molecule has 0 radical (unpaired) electrons. The quantitative estimate of drug-likeness (QED) is 0.185. The lowest BCUT2D eigenvalue weighted by atomic mass is 10.3. The summed E-state index contributed by atoms with van der Waals surface area (Å²) in [5.74, 6) is 0.386. The van der Waals surface area contributed by atoms with E-state index in [1.54, 1.807) is 6.07 Å². The molecule has 0 N–H and O–H groups in total. The first kappa shape index (κ1) is 10.8. The van der Waals surface area contributed by atoms with Gasteiger partial charge in [0.05, 0.1) is 24.1 Å². The van der Waals surface area contributed by atoms with Crippen LogP contribution in [0, 0.1) is 10.1 Å². The number of hydrogen-bond donors (Lipinski definition) is 0. The molecule has 0 aliphatic rings. The second-order valence-corrected chi connectivity index (χ2v) is 2.56. The number of rotatable bonds is 5. The van der Waals surface area contributed by atoms with Crippen molar-refractivity contribution in [3.8, 4) is 5.75 Å². The van der Waals surface area contributed by atoms with Crippen molar-refractivity contribution in [2.45, 2.75) is 0 Å². The Kier molecular flexibility index (Phi) is 3.93. The van der Waals surface area contributed by atoms with Crippen LogP contribution in [0.3, 0.4) is 0 Å². The van der Waals surface area contributed by atoms with Gasteiger partial charge in [0.2, 0.25) is 0 Å². The first-order chi connectivity index (χ1) is 7.24. The van der Waals surface area contributed by atoms with Crippen LogP contribution in [0.4, 0.5) is 5.69 Å². The Bertz CT molecular complexity index is 401. The zero-order valence-electron chi connectivity index (χ0n) is 7.74. The minimum Gasteiger partial charge on any atom is -0.493 e. The summed E-state index contributed by atoms with van der Waals surface area (Å²) in [6.45, 7) is 0.393. The normalized spacial score (nSPS) is 9.07. The van der Waals surface area contributed by atoms with E-state index in [4.69, 9.17) is 10.3 Å². The number of nitrogens with zero attached hydrogens (tertiary/aromatic N) is 4. The molecular formula is C8H8N4O3. The summed E-state index contributed by atoms with van der Waals surface area (Å²) in [4.78, 5) is 12.5. The highest BCUT2D eigenvalue weighted by Crippen LogP contribution is 2.18. The molecule has 0 unspecified atom stereocenters. The molecule has 0 spiro atoms. The van der Waals surface area contributed by atoms with Gasteiger partial charge < -0.3 is 4.74 Å². The lowest BCUT2D eigenvalue weighted by Gasteiger charge is -2.02. The van der Waals surface area contributed by atoms with E-state index < -0.39 is 4.92 Å². The fourth-order valence-corrected chi connectivity index (χ4v) is 0.936. The molecule has 0 amide bonds. The van der Waals surface area contributed by atoms with Crippen LogP contribution in [0.2, 0.25) is 0 Å². The molecule has 78 valence electrons. The van der Waals surface area contributed by atoms with Gasteiger partial charge in [0.25, 0.3) is 5.69 Å². The maximum absolute atomic E-state index is 10.4. The highest BCUT2D eigenvalue weighted by atomic mass is 16.6. The van der Waals surface area contributed by atoms with Crippen molar-refractivity contribution < 1.29 is 9.66 Å². The Morgan fingerprint density at radius 2 is 2.40 bits per heavy atom. The molecule has 0 atom stereocenters. The first-order valence-corrected chi connectivity index (χ1v) is 4.12. The average Bonchev–Trinajstić information content (AvgIpc) is 2.25. The molecule has 0 saturated heterocycles. The number of hydrogen-bond acceptors (Lipinski definition) is 4. The standard InChI is InChI=1S/C8H8N4O3/c9-11-10-4-5-15-8-3-1-2-7(6-8)12(13)14/h1-3,6H,4-5H2. The molecule has 0 aliphatic heterocycles. The van der Waals surface area contributed by atoms with Gasteiger partial charge in [-0.15, -0.1) is 0 Å². The van der Waals surface area contributed by atoms with Gasteiger partial charge in [-0.25, -0.2) is 0 Å². The van der Waals surface area contributed by atoms with Crippen LogP contribution in [-0.4, -0.2) is 18.1 Å². The lowest BCUT2D eigenvalue weighted by molar-refractivity contribution is -0.384. The van der Waals surface area contributed by atoms with Crippen LogP contribution in [-0.2, 0) is 0 Å². The molecule has 7 nitrogen and oxygen atoms in total. The van der Waals surface area contributed by atoms with Crippen molar-refractivity contribution in [1.82, 2.24) is 0 Å². The fraction of sp³-hybridized carbons (Fsp3) is 0.250. The Morgan fingerprint density at radius 1 is 1.60 bits per heavy atom. The number of benzene rings is 1. The first-order valence-electron chi connectivity index (χ1n) is 4.12. The smallest absolute Gasteiger partial charge is 0.273 e. The van der Waals surface area contributed by atoms with Crippen LogP contribution >= 0.6 is 0 Å². The van der Waals surface area contributed by atoms with E-state index in [0.29, 0.717) is 5.75 Å². The Morgan fingerprint density at radius 3 is 3.07 bits per heavy atom. The second-order valence-electron chi connectivity index (χ2n) is 2.56. The third kappa shape index (κ3) is 3.53. The molecule has 15 heavy (non-hydrogen) atoms. The summed E-state index contributed by atoms with van der Waals surface area (Å²) >= 11 is 0. The number of nitro groups is 1. The molecule has 1 rings (SSSR count). The van der Waals surface area contributed by atoms with Gasteiger partial charge >= 0.3 is 0 Å². The van der Waals surface area contributed by atoms with Gasteiger partial charge in [0, 0.05) is 11.0 Å². The minimum atomic E-state index is -0.500. The van der Waals surface area contributed by atoms with Crippen molar-refractivity contribution in [2.75, 3.05) is 13.2 Å². The van der Waals surface area contributed by atoms with Crippen molar-refractivity contribution in [3.63, 3.8) is 0 Å². The molecular weight excluding hydrogens is 200 g/mol. The summed E-state index contributed by atoms with van der Waals surface area (Å²) in [7, 11) is 0. The Labute approximate surface area is 85.1 Å². The molecule has 0 aromatic heterocycles. The monoisotopic (exact) mass is 208 g/mol. The van der Waals surface area contributed by atoms with Crippen LogP contribution in [0.15, 0.2) is 29.4 Å². The van der Waals surface area contributed by atoms with Gasteiger partial charge in [0.1, 0.15) is 5.75 Å². The molecule has 0 aliphatic carbocycles. The highest BCUT2D eigenvalue weighted by molar-refractivity contribution is 5.37. The largest absolute Gasteiger partial charge is 0.493 e. The summed E-state index contributed by atoms with van der Waals surface area (Å²) in [6, 6.07) is 5.82. The molecule has 1 aromatic rings. The Hall–Kier alpha value is -2.27. The number of azide groups is 1. The fourth-order valence-electron chi connectivity index (χ4n) is 0.936.